The molecule has 1 fully saturated rings. The number of aliphatic carboxylic acids is 1. The SMILES string of the molecule is CCN(CCC(=O)O)C(=O)C1(C)CCCC1. The first-order chi connectivity index (χ1) is 7.49. The van der Waals surface area contributed by atoms with Crippen molar-refractivity contribution in [1.82, 2.24) is 4.90 Å². The van der Waals surface area contributed by atoms with Crippen LogP contribution in [0.3, 0.4) is 0 Å². The van der Waals surface area contributed by atoms with Gasteiger partial charge < -0.3 is 10.0 Å². The smallest absolute Gasteiger partial charge is 0.305 e. The lowest BCUT2D eigenvalue weighted by Crippen LogP contribution is -2.42. The van der Waals surface area contributed by atoms with Crippen LogP contribution in [0.5, 0.6) is 0 Å². The lowest BCUT2D eigenvalue weighted by molar-refractivity contribution is -0.142. The molecule has 0 heterocycles. The van der Waals surface area contributed by atoms with Gasteiger partial charge >= 0.3 is 5.97 Å². The number of carbonyl (C=O) groups is 2. The van der Waals surface area contributed by atoms with E-state index < -0.39 is 5.97 Å². The molecule has 0 radical (unpaired) electrons. The summed E-state index contributed by atoms with van der Waals surface area (Å²) in [7, 11) is 0. The minimum Gasteiger partial charge on any atom is -0.481 e. The molecule has 1 rings (SSSR count). The predicted molar refractivity (Wildman–Crippen MR) is 61.1 cm³/mol. The predicted octanol–water partition coefficient (Wildman–Crippen LogP) is 1.89. The van der Waals surface area contributed by atoms with Crippen LogP contribution in [0, 0.1) is 5.41 Å². The molecular formula is C12H21NO3. The minimum absolute atomic E-state index is 0.0374. The third kappa shape index (κ3) is 2.97. The van der Waals surface area contributed by atoms with E-state index in [1.54, 1.807) is 4.90 Å². The molecule has 0 aromatic rings. The maximum absolute atomic E-state index is 12.2. The molecule has 1 aliphatic rings. The second kappa shape index (κ2) is 5.32. The molecule has 0 aromatic heterocycles. The minimum atomic E-state index is -0.845. The fourth-order valence-corrected chi connectivity index (χ4v) is 2.38. The lowest BCUT2D eigenvalue weighted by Gasteiger charge is -2.30. The molecule has 0 saturated heterocycles. The Bertz CT molecular complexity index is 269. The average Bonchev–Trinajstić information content (AvgIpc) is 2.66. The summed E-state index contributed by atoms with van der Waals surface area (Å²) in [4.78, 5) is 24.4. The second-order valence-electron chi connectivity index (χ2n) is 4.80. The molecule has 0 unspecified atom stereocenters. The molecule has 1 aliphatic carbocycles. The molecule has 4 heteroatoms. The molecule has 0 atom stereocenters. The van der Waals surface area contributed by atoms with Crippen molar-refractivity contribution in [2.24, 2.45) is 5.41 Å². The maximum Gasteiger partial charge on any atom is 0.305 e. The van der Waals surface area contributed by atoms with Gasteiger partial charge in [0, 0.05) is 18.5 Å². The van der Waals surface area contributed by atoms with Crippen LogP contribution in [-0.4, -0.2) is 35.0 Å². The Balaban J connectivity index is 2.58. The molecule has 4 nitrogen and oxygen atoms in total. The molecule has 0 spiro atoms. The third-order valence-corrected chi connectivity index (χ3v) is 3.49. The second-order valence-corrected chi connectivity index (χ2v) is 4.80. The lowest BCUT2D eigenvalue weighted by atomic mass is 9.87. The normalized spacial score (nSPS) is 18.4. The summed E-state index contributed by atoms with van der Waals surface area (Å²) in [5.74, 6) is -0.712. The zero-order valence-corrected chi connectivity index (χ0v) is 10.2. The number of carbonyl (C=O) groups excluding carboxylic acids is 1. The van der Waals surface area contributed by atoms with Gasteiger partial charge in [0.1, 0.15) is 0 Å². The van der Waals surface area contributed by atoms with E-state index in [1.807, 2.05) is 13.8 Å². The quantitative estimate of drug-likeness (QED) is 0.780. The van der Waals surface area contributed by atoms with Crippen molar-refractivity contribution in [2.75, 3.05) is 13.1 Å². The van der Waals surface area contributed by atoms with Gasteiger partial charge in [0.05, 0.1) is 6.42 Å². The number of nitrogens with zero attached hydrogens (tertiary/aromatic N) is 1. The molecule has 1 N–H and O–H groups in total. The van der Waals surface area contributed by atoms with Gasteiger partial charge in [-0.3, -0.25) is 9.59 Å². The van der Waals surface area contributed by atoms with Crippen molar-refractivity contribution in [3.8, 4) is 0 Å². The van der Waals surface area contributed by atoms with Crippen LogP contribution >= 0.6 is 0 Å². The molecule has 0 aliphatic heterocycles. The van der Waals surface area contributed by atoms with Crippen LogP contribution < -0.4 is 0 Å². The summed E-state index contributed by atoms with van der Waals surface area (Å²) >= 11 is 0. The zero-order valence-electron chi connectivity index (χ0n) is 10.2. The number of rotatable bonds is 5. The van der Waals surface area contributed by atoms with Crippen molar-refractivity contribution < 1.29 is 14.7 Å². The van der Waals surface area contributed by atoms with Gasteiger partial charge in [-0.25, -0.2) is 0 Å². The van der Waals surface area contributed by atoms with Gasteiger partial charge in [-0.1, -0.05) is 19.8 Å². The molecule has 0 aromatic carbocycles. The Labute approximate surface area is 96.6 Å². The monoisotopic (exact) mass is 227 g/mol. The summed E-state index contributed by atoms with van der Waals surface area (Å²) < 4.78 is 0. The largest absolute Gasteiger partial charge is 0.481 e. The van der Waals surface area contributed by atoms with E-state index in [2.05, 4.69) is 0 Å². The van der Waals surface area contributed by atoms with Crippen LogP contribution in [0.1, 0.15) is 46.0 Å². The van der Waals surface area contributed by atoms with Gasteiger partial charge in [0.15, 0.2) is 0 Å². The number of hydrogen-bond acceptors (Lipinski definition) is 2. The van der Waals surface area contributed by atoms with E-state index in [1.165, 1.54) is 0 Å². The molecule has 0 bridgehead atoms. The van der Waals surface area contributed by atoms with Crippen molar-refractivity contribution in [3.05, 3.63) is 0 Å². The highest BCUT2D eigenvalue weighted by Crippen LogP contribution is 2.39. The number of carboxylic acids is 1. The Kier molecular flexibility index (Phi) is 4.33. The fraction of sp³-hybridized carbons (Fsp3) is 0.833. The van der Waals surface area contributed by atoms with Crippen LogP contribution in [0.15, 0.2) is 0 Å². The highest BCUT2D eigenvalue weighted by Gasteiger charge is 2.38. The van der Waals surface area contributed by atoms with Crippen molar-refractivity contribution in [1.29, 1.82) is 0 Å². The highest BCUT2D eigenvalue weighted by molar-refractivity contribution is 5.83. The Hall–Kier alpha value is -1.06. The van der Waals surface area contributed by atoms with Gasteiger partial charge in [0.25, 0.3) is 0 Å². The Morgan fingerprint density at radius 2 is 1.88 bits per heavy atom. The number of hydrogen-bond donors (Lipinski definition) is 1. The van der Waals surface area contributed by atoms with Gasteiger partial charge in [-0.15, -0.1) is 0 Å². The average molecular weight is 227 g/mol. The van der Waals surface area contributed by atoms with Crippen LogP contribution in [0.25, 0.3) is 0 Å². The molecule has 16 heavy (non-hydrogen) atoms. The molecule has 1 amide bonds. The first-order valence-corrected chi connectivity index (χ1v) is 6.01. The van der Waals surface area contributed by atoms with E-state index in [4.69, 9.17) is 5.11 Å². The Morgan fingerprint density at radius 1 is 1.31 bits per heavy atom. The third-order valence-electron chi connectivity index (χ3n) is 3.49. The summed E-state index contributed by atoms with van der Waals surface area (Å²) in [6, 6.07) is 0. The summed E-state index contributed by atoms with van der Waals surface area (Å²) in [6.45, 7) is 4.84. The molecular weight excluding hydrogens is 206 g/mol. The van der Waals surface area contributed by atoms with Crippen molar-refractivity contribution in [3.63, 3.8) is 0 Å². The first-order valence-electron chi connectivity index (χ1n) is 6.01. The van der Waals surface area contributed by atoms with Crippen LogP contribution in [0.4, 0.5) is 0 Å². The first kappa shape index (κ1) is 13.0. The van der Waals surface area contributed by atoms with Gasteiger partial charge in [-0.05, 0) is 19.8 Å². The standard InChI is InChI=1S/C12H21NO3/c1-3-13(9-6-10(14)15)11(16)12(2)7-4-5-8-12/h3-9H2,1-2H3,(H,14,15). The fourth-order valence-electron chi connectivity index (χ4n) is 2.38. The Morgan fingerprint density at radius 3 is 2.31 bits per heavy atom. The van der Waals surface area contributed by atoms with Gasteiger partial charge in [-0.2, -0.15) is 0 Å². The van der Waals surface area contributed by atoms with E-state index >= 15 is 0 Å². The maximum atomic E-state index is 12.2. The number of amides is 1. The van der Waals surface area contributed by atoms with Crippen molar-refractivity contribution in [2.45, 2.75) is 46.0 Å². The van der Waals surface area contributed by atoms with E-state index in [0.29, 0.717) is 13.1 Å². The van der Waals surface area contributed by atoms with Crippen LogP contribution in [0.2, 0.25) is 0 Å². The topological polar surface area (TPSA) is 57.6 Å². The summed E-state index contributed by atoms with van der Waals surface area (Å²) in [5, 5.41) is 8.63. The van der Waals surface area contributed by atoms with E-state index in [-0.39, 0.29) is 17.7 Å². The molecule has 92 valence electrons. The summed E-state index contributed by atoms with van der Waals surface area (Å²) in [6.07, 6.45) is 4.14. The van der Waals surface area contributed by atoms with E-state index in [9.17, 15) is 9.59 Å². The van der Waals surface area contributed by atoms with Gasteiger partial charge in [0.2, 0.25) is 5.91 Å². The van der Waals surface area contributed by atoms with Crippen molar-refractivity contribution >= 4 is 11.9 Å². The summed E-state index contributed by atoms with van der Waals surface area (Å²) in [5.41, 5.74) is -0.242. The highest BCUT2D eigenvalue weighted by atomic mass is 16.4. The molecule has 1 saturated carbocycles. The van der Waals surface area contributed by atoms with Crippen LogP contribution in [-0.2, 0) is 9.59 Å². The zero-order chi connectivity index (χ0) is 12.2. The number of carboxylic acid groups (broad SMARTS) is 1. The van der Waals surface area contributed by atoms with E-state index in [0.717, 1.165) is 25.7 Å².